The van der Waals surface area contributed by atoms with Crippen molar-refractivity contribution in [2.24, 2.45) is 5.92 Å². The average molecular weight is 437 g/mol. The fourth-order valence-electron chi connectivity index (χ4n) is 3.22. The van der Waals surface area contributed by atoms with E-state index in [9.17, 15) is 18.0 Å². The van der Waals surface area contributed by atoms with Crippen LogP contribution in [0.3, 0.4) is 0 Å². The molecule has 154 valence electrons. The molecule has 9 heteroatoms. The molecule has 0 aromatic heterocycles. The highest BCUT2D eigenvalue weighted by Crippen LogP contribution is 2.23. The van der Waals surface area contributed by atoms with E-state index in [1.807, 2.05) is 0 Å². The molecule has 3 rings (SSSR count). The van der Waals surface area contributed by atoms with Gasteiger partial charge in [0.15, 0.2) is 0 Å². The second-order valence-corrected chi connectivity index (χ2v) is 9.33. The number of carbonyl (C=O) groups is 2. The third-order valence-electron chi connectivity index (χ3n) is 4.88. The zero-order valence-electron chi connectivity index (χ0n) is 15.5. The minimum atomic E-state index is -3.47. The Kier molecular flexibility index (Phi) is 6.56. The Balaban J connectivity index is 1.54. The number of halogens is 1. The maximum atomic E-state index is 12.6. The summed E-state index contributed by atoms with van der Waals surface area (Å²) in [5, 5.41) is 12.2. The summed E-state index contributed by atoms with van der Waals surface area (Å²) in [4.78, 5) is 23.3. The molecule has 1 heterocycles. The van der Waals surface area contributed by atoms with Crippen LogP contribution in [0.2, 0.25) is 5.02 Å². The van der Waals surface area contributed by atoms with E-state index in [0.29, 0.717) is 29.1 Å². The molecule has 1 aliphatic heterocycles. The first-order valence-electron chi connectivity index (χ1n) is 9.11. The van der Waals surface area contributed by atoms with Crippen molar-refractivity contribution in [3.05, 3.63) is 64.7 Å². The number of benzene rings is 2. The number of piperidine rings is 1. The molecule has 0 unspecified atom stereocenters. The topological polar surface area (TPSA) is 104 Å². The highest BCUT2D eigenvalue weighted by molar-refractivity contribution is 7.88. The van der Waals surface area contributed by atoms with E-state index in [1.54, 1.807) is 24.3 Å². The molecule has 2 aromatic carbocycles. The molecule has 0 radical (unpaired) electrons. The van der Waals surface area contributed by atoms with E-state index in [0.717, 1.165) is 0 Å². The van der Waals surface area contributed by atoms with Crippen LogP contribution in [0.15, 0.2) is 48.5 Å². The van der Waals surface area contributed by atoms with Crippen LogP contribution >= 0.6 is 11.6 Å². The lowest BCUT2D eigenvalue weighted by Gasteiger charge is -2.30. The predicted octanol–water partition coefficient (Wildman–Crippen LogP) is 3.22. The largest absolute Gasteiger partial charge is 0.478 e. The molecule has 1 saturated heterocycles. The molecule has 0 aliphatic carbocycles. The highest BCUT2D eigenvalue weighted by atomic mass is 35.5. The lowest BCUT2D eigenvalue weighted by Crippen LogP contribution is -2.41. The number of anilines is 1. The number of nitrogens with one attached hydrogen (secondary N) is 1. The summed E-state index contributed by atoms with van der Waals surface area (Å²) < 4.78 is 26.7. The van der Waals surface area contributed by atoms with Crippen LogP contribution in [-0.4, -0.2) is 42.8 Å². The highest BCUT2D eigenvalue weighted by Gasteiger charge is 2.31. The Morgan fingerprint density at radius 3 is 2.17 bits per heavy atom. The number of rotatable bonds is 6. The maximum Gasteiger partial charge on any atom is 0.335 e. The molecule has 1 amide bonds. The lowest BCUT2D eigenvalue weighted by molar-refractivity contribution is -0.120. The van der Waals surface area contributed by atoms with E-state index >= 15 is 0 Å². The summed E-state index contributed by atoms with van der Waals surface area (Å²) in [7, 11) is -3.47. The molecular weight excluding hydrogens is 416 g/mol. The Labute approximate surface area is 174 Å². The number of hydrogen-bond donors (Lipinski definition) is 2. The van der Waals surface area contributed by atoms with E-state index in [2.05, 4.69) is 5.32 Å². The van der Waals surface area contributed by atoms with Gasteiger partial charge in [-0.25, -0.2) is 17.5 Å². The van der Waals surface area contributed by atoms with Crippen molar-refractivity contribution in [2.45, 2.75) is 18.6 Å². The smallest absolute Gasteiger partial charge is 0.335 e. The number of carbonyl (C=O) groups excluding carboxylic acids is 1. The first-order valence-corrected chi connectivity index (χ1v) is 11.1. The second-order valence-electron chi connectivity index (χ2n) is 6.93. The van der Waals surface area contributed by atoms with Gasteiger partial charge in [-0.2, -0.15) is 0 Å². The predicted molar refractivity (Wildman–Crippen MR) is 110 cm³/mol. The van der Waals surface area contributed by atoms with Crippen molar-refractivity contribution in [1.82, 2.24) is 4.31 Å². The quantitative estimate of drug-likeness (QED) is 0.723. The molecule has 29 heavy (non-hydrogen) atoms. The number of aromatic carboxylic acids is 1. The summed E-state index contributed by atoms with van der Waals surface area (Å²) in [6.07, 6.45) is 0.859. The van der Waals surface area contributed by atoms with E-state index in [4.69, 9.17) is 16.7 Å². The van der Waals surface area contributed by atoms with Gasteiger partial charge in [-0.1, -0.05) is 23.7 Å². The van der Waals surface area contributed by atoms with Crippen LogP contribution in [0.5, 0.6) is 0 Å². The molecule has 1 fully saturated rings. The van der Waals surface area contributed by atoms with Gasteiger partial charge in [0.05, 0.1) is 11.3 Å². The Morgan fingerprint density at radius 1 is 1.03 bits per heavy atom. The van der Waals surface area contributed by atoms with Crippen molar-refractivity contribution in [2.75, 3.05) is 18.4 Å². The van der Waals surface area contributed by atoms with Crippen molar-refractivity contribution in [3.8, 4) is 0 Å². The van der Waals surface area contributed by atoms with Crippen LogP contribution in [0.1, 0.15) is 28.8 Å². The van der Waals surface area contributed by atoms with Crippen LogP contribution in [0, 0.1) is 5.92 Å². The first kappa shape index (κ1) is 21.3. The molecule has 0 saturated carbocycles. The minimum absolute atomic E-state index is 0.100. The van der Waals surface area contributed by atoms with Crippen LogP contribution in [0.25, 0.3) is 0 Å². The first-order chi connectivity index (χ1) is 13.7. The normalized spacial score (nSPS) is 15.8. The fourth-order valence-corrected chi connectivity index (χ4v) is 4.91. The van der Waals surface area contributed by atoms with Crippen molar-refractivity contribution in [1.29, 1.82) is 0 Å². The molecule has 2 aromatic rings. The van der Waals surface area contributed by atoms with Gasteiger partial charge < -0.3 is 10.4 Å². The van der Waals surface area contributed by atoms with Gasteiger partial charge >= 0.3 is 5.97 Å². The third kappa shape index (κ3) is 5.56. The number of sulfonamides is 1. The average Bonchev–Trinajstić information content (AvgIpc) is 2.70. The van der Waals surface area contributed by atoms with Gasteiger partial charge in [-0.3, -0.25) is 4.79 Å². The maximum absolute atomic E-state index is 12.6. The monoisotopic (exact) mass is 436 g/mol. The van der Waals surface area contributed by atoms with Crippen molar-refractivity contribution in [3.63, 3.8) is 0 Å². The van der Waals surface area contributed by atoms with E-state index < -0.39 is 16.0 Å². The Morgan fingerprint density at radius 2 is 1.62 bits per heavy atom. The fraction of sp³-hybridized carbons (Fsp3) is 0.300. The summed E-state index contributed by atoms with van der Waals surface area (Å²) in [5.74, 6) is -1.62. The summed E-state index contributed by atoms with van der Waals surface area (Å²) >= 11 is 5.83. The Hall–Kier alpha value is -2.42. The number of carboxylic acid groups (broad SMARTS) is 1. The number of amides is 1. The second kappa shape index (κ2) is 8.94. The van der Waals surface area contributed by atoms with Crippen molar-refractivity contribution < 1.29 is 23.1 Å². The SMILES string of the molecule is O=C(O)c1ccc(NC(=O)C2CCN(S(=O)(=O)Cc3ccc(Cl)cc3)CC2)cc1. The third-order valence-corrected chi connectivity index (χ3v) is 6.98. The van der Waals surface area contributed by atoms with E-state index in [-0.39, 0.29) is 36.2 Å². The Bertz CT molecular complexity index is 983. The van der Waals surface area contributed by atoms with Gasteiger partial charge in [0.25, 0.3) is 0 Å². The lowest BCUT2D eigenvalue weighted by atomic mass is 9.97. The molecule has 0 bridgehead atoms. The van der Waals surface area contributed by atoms with Gasteiger partial charge in [0.2, 0.25) is 15.9 Å². The zero-order chi connectivity index (χ0) is 21.0. The molecule has 0 spiro atoms. The van der Waals surface area contributed by atoms with E-state index in [1.165, 1.54) is 28.6 Å². The molecule has 0 atom stereocenters. The molecule has 2 N–H and O–H groups in total. The molecule has 7 nitrogen and oxygen atoms in total. The zero-order valence-corrected chi connectivity index (χ0v) is 17.1. The van der Waals surface area contributed by atoms with Gasteiger partial charge in [-0.05, 0) is 54.8 Å². The van der Waals surface area contributed by atoms with Gasteiger partial charge in [0, 0.05) is 29.7 Å². The standard InChI is InChI=1S/C20H21ClN2O5S/c21-17-5-1-14(2-6-17)13-29(27,28)23-11-9-15(10-12-23)19(24)22-18-7-3-16(4-8-18)20(25)26/h1-8,15H,9-13H2,(H,22,24)(H,25,26). The van der Waals surface area contributed by atoms with Crippen LogP contribution in [0.4, 0.5) is 5.69 Å². The van der Waals surface area contributed by atoms with Gasteiger partial charge in [-0.15, -0.1) is 0 Å². The minimum Gasteiger partial charge on any atom is -0.478 e. The van der Waals surface area contributed by atoms with Gasteiger partial charge in [0.1, 0.15) is 0 Å². The number of carboxylic acids is 1. The number of hydrogen-bond acceptors (Lipinski definition) is 4. The summed E-state index contributed by atoms with van der Waals surface area (Å²) in [6, 6.07) is 12.6. The molecular formula is C20H21ClN2O5S. The summed E-state index contributed by atoms with van der Waals surface area (Å²) in [6.45, 7) is 0.567. The number of nitrogens with zero attached hydrogens (tertiary/aromatic N) is 1. The van der Waals surface area contributed by atoms with Crippen LogP contribution in [-0.2, 0) is 20.6 Å². The summed E-state index contributed by atoms with van der Waals surface area (Å²) in [5.41, 5.74) is 1.32. The van der Waals surface area contributed by atoms with Crippen molar-refractivity contribution >= 4 is 39.2 Å². The van der Waals surface area contributed by atoms with Crippen LogP contribution < -0.4 is 5.32 Å². The molecule has 1 aliphatic rings.